The van der Waals surface area contributed by atoms with Crippen molar-refractivity contribution in [1.29, 1.82) is 0 Å². The maximum atomic E-state index is 6.10. The number of nitrogens with one attached hydrogen (secondary N) is 1. The van der Waals surface area contributed by atoms with Crippen molar-refractivity contribution in [3.63, 3.8) is 0 Å². The molecule has 1 aromatic heterocycles. The van der Waals surface area contributed by atoms with Crippen molar-refractivity contribution in [2.24, 2.45) is 15.9 Å². The SMILES string of the molecule is Cc1cc(Nc2ncnc3ccc(/C=N/N=C(\N)N4CCCCC4)cc23)ccc1Oc1ccccc1. The van der Waals surface area contributed by atoms with Gasteiger partial charge in [-0.1, -0.05) is 24.3 Å². The molecule has 1 saturated heterocycles. The van der Waals surface area contributed by atoms with Gasteiger partial charge in [-0.3, -0.25) is 0 Å². The summed E-state index contributed by atoms with van der Waals surface area (Å²) in [5.41, 5.74) is 9.75. The number of likely N-dealkylation sites (tertiary alicyclic amines) is 1. The lowest BCUT2D eigenvalue weighted by Crippen LogP contribution is -2.40. The maximum absolute atomic E-state index is 6.10. The van der Waals surface area contributed by atoms with Gasteiger partial charge < -0.3 is 20.7 Å². The highest BCUT2D eigenvalue weighted by Gasteiger charge is 2.12. The summed E-state index contributed by atoms with van der Waals surface area (Å²) in [5, 5.41) is 12.7. The highest BCUT2D eigenvalue weighted by molar-refractivity contribution is 5.95. The molecule has 1 aliphatic heterocycles. The predicted octanol–water partition coefficient (Wildman–Crippen LogP) is 5.61. The van der Waals surface area contributed by atoms with E-state index in [4.69, 9.17) is 10.5 Å². The van der Waals surface area contributed by atoms with Gasteiger partial charge in [-0.05, 0) is 79.8 Å². The minimum Gasteiger partial charge on any atom is -0.457 e. The number of piperidine rings is 1. The van der Waals surface area contributed by atoms with E-state index in [1.165, 1.54) is 6.42 Å². The van der Waals surface area contributed by atoms with Crippen LogP contribution in [-0.2, 0) is 0 Å². The first-order chi connectivity index (χ1) is 17.7. The molecule has 0 atom stereocenters. The lowest BCUT2D eigenvalue weighted by Gasteiger charge is -2.26. The van der Waals surface area contributed by atoms with Crippen molar-refractivity contribution in [2.75, 3.05) is 18.4 Å². The average molecular weight is 480 g/mol. The number of anilines is 2. The molecule has 3 aromatic carbocycles. The Morgan fingerprint density at radius 1 is 1.00 bits per heavy atom. The van der Waals surface area contributed by atoms with Crippen LogP contribution in [0.15, 0.2) is 83.3 Å². The molecule has 8 nitrogen and oxygen atoms in total. The third-order valence-corrected chi connectivity index (χ3v) is 6.12. The Morgan fingerprint density at radius 2 is 1.83 bits per heavy atom. The Morgan fingerprint density at radius 3 is 2.64 bits per heavy atom. The zero-order valence-corrected chi connectivity index (χ0v) is 20.3. The van der Waals surface area contributed by atoms with E-state index < -0.39 is 0 Å². The summed E-state index contributed by atoms with van der Waals surface area (Å²) in [5.74, 6) is 2.79. The van der Waals surface area contributed by atoms with E-state index in [0.29, 0.717) is 11.8 Å². The summed E-state index contributed by atoms with van der Waals surface area (Å²) in [6, 6.07) is 21.6. The van der Waals surface area contributed by atoms with Crippen LogP contribution in [0.4, 0.5) is 11.5 Å². The fraction of sp³-hybridized carbons (Fsp3) is 0.214. The summed E-state index contributed by atoms with van der Waals surface area (Å²) in [6.45, 7) is 3.89. The van der Waals surface area contributed by atoms with Crippen LogP contribution in [0, 0.1) is 6.92 Å². The van der Waals surface area contributed by atoms with Crippen molar-refractivity contribution in [1.82, 2.24) is 14.9 Å². The van der Waals surface area contributed by atoms with Gasteiger partial charge in [0.1, 0.15) is 23.6 Å². The highest BCUT2D eigenvalue weighted by Crippen LogP contribution is 2.29. The van der Waals surface area contributed by atoms with Crippen LogP contribution in [-0.4, -0.2) is 40.1 Å². The number of nitrogens with two attached hydrogens (primary N) is 1. The van der Waals surface area contributed by atoms with E-state index in [9.17, 15) is 0 Å². The summed E-state index contributed by atoms with van der Waals surface area (Å²) in [4.78, 5) is 11.0. The average Bonchev–Trinajstić information content (AvgIpc) is 2.91. The minimum absolute atomic E-state index is 0.465. The van der Waals surface area contributed by atoms with E-state index in [2.05, 4.69) is 30.4 Å². The van der Waals surface area contributed by atoms with E-state index in [0.717, 1.165) is 65.1 Å². The first-order valence-corrected chi connectivity index (χ1v) is 12.1. The molecular weight excluding hydrogens is 450 g/mol. The molecule has 182 valence electrons. The summed E-state index contributed by atoms with van der Waals surface area (Å²) in [6.07, 6.45) is 6.79. The second kappa shape index (κ2) is 10.9. The van der Waals surface area contributed by atoms with E-state index in [1.54, 1.807) is 12.5 Å². The van der Waals surface area contributed by atoms with Gasteiger partial charge in [0.15, 0.2) is 0 Å². The molecule has 1 aliphatic rings. The monoisotopic (exact) mass is 479 g/mol. The zero-order chi connectivity index (χ0) is 24.7. The normalized spacial score (nSPS) is 14.4. The van der Waals surface area contributed by atoms with Crippen molar-refractivity contribution < 1.29 is 4.74 Å². The lowest BCUT2D eigenvalue weighted by molar-refractivity contribution is 0.338. The number of para-hydroxylation sites is 1. The third-order valence-electron chi connectivity index (χ3n) is 6.12. The topological polar surface area (TPSA) is 101 Å². The molecule has 2 heterocycles. The molecule has 0 saturated carbocycles. The van der Waals surface area contributed by atoms with Crippen molar-refractivity contribution in [3.8, 4) is 11.5 Å². The number of fused-ring (bicyclic) bond motifs is 1. The van der Waals surface area contributed by atoms with Gasteiger partial charge in [-0.15, -0.1) is 5.10 Å². The Bertz CT molecular complexity index is 1400. The van der Waals surface area contributed by atoms with Crippen LogP contribution in [0.5, 0.6) is 11.5 Å². The number of hydrogen-bond donors (Lipinski definition) is 2. The van der Waals surface area contributed by atoms with Crippen molar-refractivity contribution >= 4 is 34.6 Å². The summed E-state index contributed by atoms with van der Waals surface area (Å²) < 4.78 is 6.00. The number of benzene rings is 3. The number of aryl methyl sites for hydroxylation is 1. The Hall–Kier alpha value is -4.46. The number of hydrogen-bond acceptors (Lipinski definition) is 6. The second-order valence-electron chi connectivity index (χ2n) is 8.77. The van der Waals surface area contributed by atoms with Gasteiger partial charge in [0.2, 0.25) is 5.96 Å². The van der Waals surface area contributed by atoms with Gasteiger partial charge in [0.05, 0.1) is 11.7 Å². The zero-order valence-electron chi connectivity index (χ0n) is 20.3. The van der Waals surface area contributed by atoms with Gasteiger partial charge in [-0.25, -0.2) is 9.97 Å². The molecule has 0 radical (unpaired) electrons. The Kier molecular flexibility index (Phi) is 7.02. The maximum Gasteiger partial charge on any atom is 0.216 e. The molecule has 5 rings (SSSR count). The molecule has 4 aromatic rings. The van der Waals surface area contributed by atoms with Crippen molar-refractivity contribution in [3.05, 3.63) is 84.2 Å². The minimum atomic E-state index is 0.465. The standard InChI is InChI=1S/C28H29N7O/c1-20-16-22(11-13-26(20)36-23-8-4-2-5-9-23)33-27-24-17-21(10-12-25(24)30-19-31-27)18-32-34-28(29)35-14-6-3-7-15-35/h2,4-5,8-13,16-19H,3,6-7,14-15H2,1H3,(H2,29,34)(H,30,31,33)/b32-18+. The molecule has 3 N–H and O–H groups in total. The number of aromatic nitrogens is 2. The molecule has 36 heavy (non-hydrogen) atoms. The Labute approximate surface area is 210 Å². The quantitative estimate of drug-likeness (QED) is 0.212. The molecular formula is C28H29N7O. The van der Waals surface area contributed by atoms with Crippen LogP contribution in [0.3, 0.4) is 0 Å². The fourth-order valence-electron chi connectivity index (χ4n) is 4.19. The predicted molar refractivity (Wildman–Crippen MR) is 145 cm³/mol. The van der Waals surface area contributed by atoms with E-state index in [-0.39, 0.29) is 0 Å². The number of nitrogens with zero attached hydrogens (tertiary/aromatic N) is 5. The smallest absolute Gasteiger partial charge is 0.216 e. The molecule has 0 spiro atoms. The summed E-state index contributed by atoms with van der Waals surface area (Å²) in [7, 11) is 0. The molecule has 0 amide bonds. The Balaban J connectivity index is 1.33. The molecule has 8 heteroatoms. The van der Waals surface area contributed by atoms with Gasteiger partial charge in [0.25, 0.3) is 0 Å². The van der Waals surface area contributed by atoms with E-state index >= 15 is 0 Å². The fourth-order valence-corrected chi connectivity index (χ4v) is 4.19. The largest absolute Gasteiger partial charge is 0.457 e. The first-order valence-electron chi connectivity index (χ1n) is 12.1. The molecule has 1 fully saturated rings. The second-order valence-corrected chi connectivity index (χ2v) is 8.77. The van der Waals surface area contributed by atoms with Gasteiger partial charge >= 0.3 is 0 Å². The van der Waals surface area contributed by atoms with Gasteiger partial charge in [-0.2, -0.15) is 5.10 Å². The van der Waals surface area contributed by atoms with Crippen LogP contribution in [0.2, 0.25) is 0 Å². The van der Waals surface area contributed by atoms with Crippen LogP contribution < -0.4 is 15.8 Å². The number of rotatable bonds is 6. The van der Waals surface area contributed by atoms with Crippen molar-refractivity contribution in [2.45, 2.75) is 26.2 Å². The first kappa shape index (κ1) is 23.3. The van der Waals surface area contributed by atoms with Crippen LogP contribution in [0.1, 0.15) is 30.4 Å². The molecule has 0 aliphatic carbocycles. The summed E-state index contributed by atoms with van der Waals surface area (Å²) >= 11 is 0. The number of guanidine groups is 1. The highest BCUT2D eigenvalue weighted by atomic mass is 16.5. The van der Waals surface area contributed by atoms with E-state index in [1.807, 2.05) is 73.7 Å². The third kappa shape index (κ3) is 5.60. The molecule has 0 bridgehead atoms. The van der Waals surface area contributed by atoms with Crippen LogP contribution in [0.25, 0.3) is 10.9 Å². The molecule has 0 unspecified atom stereocenters. The van der Waals surface area contributed by atoms with Crippen LogP contribution >= 0.6 is 0 Å². The van der Waals surface area contributed by atoms with Gasteiger partial charge in [0, 0.05) is 24.2 Å². The lowest BCUT2D eigenvalue weighted by atomic mass is 10.1. The number of ether oxygens (including phenoxy) is 1.